The molecule has 1 fully saturated rings. The third-order valence-electron chi connectivity index (χ3n) is 3.33. The molecule has 0 radical (unpaired) electrons. The van der Waals surface area contributed by atoms with E-state index in [4.69, 9.17) is 16.3 Å². The molecule has 1 saturated heterocycles. The van der Waals surface area contributed by atoms with Gasteiger partial charge in [-0.1, -0.05) is 23.4 Å². The lowest BCUT2D eigenvalue weighted by Crippen LogP contribution is -2.28. The molecule has 0 unspecified atom stereocenters. The minimum Gasteiger partial charge on any atom is -0.382 e. The first-order chi connectivity index (χ1) is 12.3. The lowest BCUT2D eigenvalue weighted by Gasteiger charge is -2.09. The van der Waals surface area contributed by atoms with Gasteiger partial charge < -0.3 is 15.4 Å². The van der Waals surface area contributed by atoms with Crippen LogP contribution in [0.5, 0.6) is 0 Å². The van der Waals surface area contributed by atoms with Gasteiger partial charge in [0.05, 0.1) is 28.3 Å². The molecule has 1 aliphatic heterocycles. The summed E-state index contributed by atoms with van der Waals surface area (Å²) in [6.45, 7) is 2.25. The molecule has 2 rings (SSSR count). The number of anilines is 1. The number of ether oxygens (including phenoxy) is 1. The third kappa shape index (κ3) is 5.41. The van der Waals surface area contributed by atoms with Crippen LogP contribution in [0, 0.1) is 10.1 Å². The highest BCUT2D eigenvalue weighted by molar-refractivity contribution is 8.15. The zero-order valence-corrected chi connectivity index (χ0v) is 15.6. The smallest absolute Gasteiger partial charge is 0.271 e. The highest BCUT2D eigenvalue weighted by atomic mass is 35.5. The van der Waals surface area contributed by atoms with Crippen LogP contribution in [-0.4, -0.2) is 46.9 Å². The summed E-state index contributed by atoms with van der Waals surface area (Å²) in [6.07, 6.45) is -0.118. The number of nitrogens with one attached hydrogen (secondary N) is 2. The predicted molar refractivity (Wildman–Crippen MR) is 99.6 cm³/mol. The maximum absolute atomic E-state index is 12.2. The zero-order chi connectivity index (χ0) is 19.3. The molecule has 1 aromatic rings. The Morgan fingerprint density at radius 3 is 2.96 bits per heavy atom. The van der Waals surface area contributed by atoms with Crippen LogP contribution in [0.2, 0.25) is 5.02 Å². The molecule has 9 nitrogen and oxygen atoms in total. The van der Waals surface area contributed by atoms with Gasteiger partial charge in [-0.3, -0.25) is 24.7 Å². The van der Waals surface area contributed by atoms with Crippen LogP contribution in [0.4, 0.5) is 11.4 Å². The second-order valence-electron chi connectivity index (χ2n) is 5.51. The van der Waals surface area contributed by atoms with E-state index in [-0.39, 0.29) is 34.8 Å². The van der Waals surface area contributed by atoms with E-state index in [2.05, 4.69) is 15.6 Å². The van der Waals surface area contributed by atoms with E-state index in [0.717, 1.165) is 11.8 Å². The average Bonchev–Trinajstić information content (AvgIpc) is 2.88. The number of benzene rings is 1. The molecule has 0 saturated carbocycles. The molecule has 26 heavy (non-hydrogen) atoms. The fourth-order valence-corrected chi connectivity index (χ4v) is 3.41. The summed E-state index contributed by atoms with van der Waals surface area (Å²) >= 11 is 7.10. The molecule has 2 N–H and O–H groups in total. The summed E-state index contributed by atoms with van der Waals surface area (Å²) in [5.41, 5.74) is -0.0730. The number of thioether (sulfide) groups is 1. The second-order valence-corrected chi connectivity index (χ2v) is 7.11. The van der Waals surface area contributed by atoms with Crippen LogP contribution in [0.3, 0.4) is 0 Å². The first kappa shape index (κ1) is 20.1. The molecule has 0 aliphatic carbocycles. The van der Waals surface area contributed by atoms with Gasteiger partial charge in [-0.2, -0.15) is 0 Å². The number of methoxy groups -OCH3 is 1. The second kappa shape index (κ2) is 8.97. The number of non-ortho nitro benzene ring substituents is 1. The van der Waals surface area contributed by atoms with Crippen molar-refractivity contribution in [1.29, 1.82) is 0 Å². The zero-order valence-electron chi connectivity index (χ0n) is 14.0. The Morgan fingerprint density at radius 2 is 2.31 bits per heavy atom. The SMILES string of the molecule is COC[C@H](C)N=C1NC(=O)[C@@H](CC(=O)Nc2cc([N+](=O)[O-])ccc2Cl)S1. The number of nitrogens with zero attached hydrogens (tertiary/aromatic N) is 2. The largest absolute Gasteiger partial charge is 0.382 e. The van der Waals surface area contributed by atoms with Gasteiger partial charge >= 0.3 is 0 Å². The Labute approximate surface area is 158 Å². The normalized spacial score (nSPS) is 19.3. The highest BCUT2D eigenvalue weighted by Crippen LogP contribution is 2.28. The van der Waals surface area contributed by atoms with Gasteiger partial charge in [0.2, 0.25) is 11.8 Å². The first-order valence-electron chi connectivity index (χ1n) is 7.58. The van der Waals surface area contributed by atoms with E-state index in [9.17, 15) is 19.7 Å². The molecular formula is C15H17ClN4O5S. The van der Waals surface area contributed by atoms with Crippen molar-refractivity contribution in [1.82, 2.24) is 5.32 Å². The van der Waals surface area contributed by atoms with Gasteiger partial charge in [-0.25, -0.2) is 0 Å². The van der Waals surface area contributed by atoms with E-state index >= 15 is 0 Å². The average molecular weight is 401 g/mol. The van der Waals surface area contributed by atoms with Crippen LogP contribution >= 0.6 is 23.4 Å². The van der Waals surface area contributed by atoms with Crippen molar-refractivity contribution < 1.29 is 19.2 Å². The lowest BCUT2D eigenvalue weighted by atomic mass is 10.2. The highest BCUT2D eigenvalue weighted by Gasteiger charge is 2.32. The molecule has 11 heteroatoms. The van der Waals surface area contributed by atoms with E-state index in [0.29, 0.717) is 11.8 Å². The number of nitro benzene ring substituents is 1. The quantitative estimate of drug-likeness (QED) is 0.534. The summed E-state index contributed by atoms with van der Waals surface area (Å²) in [6, 6.07) is 3.61. The van der Waals surface area contributed by atoms with E-state index in [1.807, 2.05) is 6.92 Å². The Kier molecular flexibility index (Phi) is 6.95. The van der Waals surface area contributed by atoms with E-state index in [1.165, 1.54) is 18.2 Å². The topological polar surface area (TPSA) is 123 Å². The Hall–Kier alpha value is -2.17. The van der Waals surface area contributed by atoms with Crippen LogP contribution in [0.1, 0.15) is 13.3 Å². The monoisotopic (exact) mass is 400 g/mol. The molecule has 0 bridgehead atoms. The number of hydrogen-bond donors (Lipinski definition) is 2. The molecule has 0 aromatic heterocycles. The van der Waals surface area contributed by atoms with Gasteiger partial charge in [-0.05, 0) is 13.0 Å². The van der Waals surface area contributed by atoms with Gasteiger partial charge in [0.1, 0.15) is 5.25 Å². The summed E-state index contributed by atoms with van der Waals surface area (Å²) in [4.78, 5) is 38.7. The minimum absolute atomic E-state index is 0.118. The summed E-state index contributed by atoms with van der Waals surface area (Å²) in [5.74, 6) is -0.801. The number of amides is 2. The summed E-state index contributed by atoms with van der Waals surface area (Å²) in [5, 5.41) is 15.9. The van der Waals surface area contributed by atoms with Crippen molar-refractivity contribution in [2.75, 3.05) is 19.0 Å². The van der Waals surface area contributed by atoms with Gasteiger partial charge in [0.25, 0.3) is 5.69 Å². The van der Waals surface area contributed by atoms with Crippen molar-refractivity contribution in [3.63, 3.8) is 0 Å². The Bertz CT molecular complexity index is 758. The predicted octanol–water partition coefficient (Wildman–Crippen LogP) is 2.20. The number of aliphatic imine (C=N–C) groups is 1. The number of carbonyl (C=O) groups is 2. The van der Waals surface area contributed by atoms with E-state index < -0.39 is 16.1 Å². The molecular weight excluding hydrogens is 384 g/mol. The Morgan fingerprint density at radius 1 is 1.58 bits per heavy atom. The summed E-state index contributed by atoms with van der Waals surface area (Å²) < 4.78 is 4.98. The number of halogens is 1. The van der Waals surface area contributed by atoms with Crippen molar-refractivity contribution in [3.05, 3.63) is 33.3 Å². The van der Waals surface area contributed by atoms with Crippen molar-refractivity contribution in [2.24, 2.45) is 4.99 Å². The fourth-order valence-electron chi connectivity index (χ4n) is 2.17. The molecule has 2 atom stereocenters. The molecule has 1 aliphatic rings. The maximum atomic E-state index is 12.2. The Balaban J connectivity index is 1.99. The fraction of sp³-hybridized carbons (Fsp3) is 0.400. The van der Waals surface area contributed by atoms with Gasteiger partial charge in [0, 0.05) is 25.7 Å². The standard InChI is InChI=1S/C15H17ClN4O5S/c1-8(7-25-2)17-15-19-14(22)12(26-15)6-13(21)18-11-5-9(20(23)24)3-4-10(11)16/h3-5,8,12H,6-7H2,1-2H3,(H,18,21)(H,17,19,22)/t8-,12+/m0/s1. The number of carbonyl (C=O) groups excluding carboxylic acids is 2. The van der Waals surface area contributed by atoms with Gasteiger partial charge in [0.15, 0.2) is 5.17 Å². The van der Waals surface area contributed by atoms with Crippen LogP contribution in [0.25, 0.3) is 0 Å². The van der Waals surface area contributed by atoms with Crippen LogP contribution in [-0.2, 0) is 14.3 Å². The molecule has 0 spiro atoms. The molecule has 1 aromatic carbocycles. The van der Waals surface area contributed by atoms with Crippen molar-refractivity contribution in [3.8, 4) is 0 Å². The number of rotatable bonds is 7. The summed E-state index contributed by atoms with van der Waals surface area (Å²) in [7, 11) is 1.56. The maximum Gasteiger partial charge on any atom is 0.271 e. The minimum atomic E-state index is -0.638. The molecule has 2 amide bonds. The van der Waals surface area contributed by atoms with E-state index in [1.54, 1.807) is 7.11 Å². The molecule has 140 valence electrons. The number of amidine groups is 1. The van der Waals surface area contributed by atoms with Crippen molar-refractivity contribution >= 4 is 51.7 Å². The molecule has 1 heterocycles. The first-order valence-corrected chi connectivity index (χ1v) is 8.84. The lowest BCUT2D eigenvalue weighted by molar-refractivity contribution is -0.384. The van der Waals surface area contributed by atoms with Crippen LogP contribution in [0.15, 0.2) is 23.2 Å². The van der Waals surface area contributed by atoms with Gasteiger partial charge in [-0.15, -0.1) is 0 Å². The van der Waals surface area contributed by atoms with Crippen LogP contribution < -0.4 is 10.6 Å². The number of nitro groups is 1. The van der Waals surface area contributed by atoms with Crippen molar-refractivity contribution in [2.45, 2.75) is 24.6 Å². The third-order valence-corrected chi connectivity index (χ3v) is 4.75. The number of hydrogen-bond acceptors (Lipinski definition) is 7.